The van der Waals surface area contributed by atoms with Crippen LogP contribution >= 0.6 is 11.3 Å². The molecule has 33 heavy (non-hydrogen) atoms. The van der Waals surface area contributed by atoms with Gasteiger partial charge in [0.25, 0.3) is 0 Å². The first kappa shape index (κ1) is 21.9. The predicted octanol–water partition coefficient (Wildman–Crippen LogP) is 3.43. The van der Waals surface area contributed by atoms with Gasteiger partial charge in [-0.1, -0.05) is 0 Å². The highest BCUT2D eigenvalue weighted by Gasteiger charge is 2.47. The van der Waals surface area contributed by atoms with Crippen LogP contribution in [0.5, 0.6) is 0 Å². The van der Waals surface area contributed by atoms with Crippen LogP contribution in [0, 0.1) is 16.7 Å². The van der Waals surface area contributed by atoms with E-state index in [4.69, 9.17) is 16.1 Å². The number of aliphatic hydroxyl groups excluding tert-OH is 1. The number of hydrogen-bond donors (Lipinski definition) is 4. The van der Waals surface area contributed by atoms with Crippen molar-refractivity contribution in [2.45, 2.75) is 56.9 Å². The number of nitrogen functional groups attached to an aromatic ring is 1. The average Bonchev–Trinajstić information content (AvgIpc) is 3.17. The van der Waals surface area contributed by atoms with Crippen molar-refractivity contribution in [3.05, 3.63) is 45.3 Å². The number of aryl methyl sites for hydroxylation is 1. The standard InChI is InChI=1S/C24H29N7OS/c1-14-13-28-10-11-31(14)23-29-9-6-17(30-23)20(26)15-4-2-7-24(21(15)32)8-3-5-18-19(24)16(12-25)22(27)33-18/h6,9,14,26,28,32H,2-5,7-8,10-11,13,27H2,1H3/t14-,24-/m0/s1. The third-order valence-electron chi connectivity index (χ3n) is 7.33. The van der Waals surface area contributed by atoms with Crippen molar-refractivity contribution < 1.29 is 5.11 Å². The molecule has 9 heteroatoms. The molecule has 1 aliphatic heterocycles. The summed E-state index contributed by atoms with van der Waals surface area (Å²) in [6, 6.07) is 4.30. The lowest BCUT2D eigenvalue weighted by Gasteiger charge is -2.41. The van der Waals surface area contributed by atoms with Crippen molar-refractivity contribution in [2.24, 2.45) is 0 Å². The van der Waals surface area contributed by atoms with Gasteiger partial charge in [0.1, 0.15) is 16.8 Å². The summed E-state index contributed by atoms with van der Waals surface area (Å²) in [5.74, 6) is 0.846. The normalized spacial score (nSPS) is 25.1. The highest BCUT2D eigenvalue weighted by molar-refractivity contribution is 7.16. The van der Waals surface area contributed by atoms with E-state index in [1.54, 1.807) is 12.3 Å². The van der Waals surface area contributed by atoms with Gasteiger partial charge in [0.15, 0.2) is 0 Å². The Balaban J connectivity index is 1.55. The molecule has 3 heterocycles. The smallest absolute Gasteiger partial charge is 0.226 e. The number of nitrogens with one attached hydrogen (secondary N) is 2. The minimum absolute atomic E-state index is 0.227. The van der Waals surface area contributed by atoms with Crippen molar-refractivity contribution in [1.29, 1.82) is 10.7 Å². The fraction of sp³-hybridized carbons (Fsp3) is 0.500. The molecule has 0 aromatic carbocycles. The Morgan fingerprint density at radius 2 is 2.18 bits per heavy atom. The molecule has 8 nitrogen and oxygen atoms in total. The van der Waals surface area contributed by atoms with Crippen LogP contribution in [0.3, 0.4) is 0 Å². The summed E-state index contributed by atoms with van der Waals surface area (Å²) < 4.78 is 0. The molecule has 2 aromatic rings. The molecule has 1 saturated heterocycles. The monoisotopic (exact) mass is 463 g/mol. The second kappa shape index (κ2) is 8.43. The summed E-state index contributed by atoms with van der Waals surface area (Å²) in [4.78, 5) is 12.4. The number of nitrogens with zero attached hydrogens (tertiary/aromatic N) is 4. The Hall–Kier alpha value is -2.96. The molecule has 172 valence electrons. The molecular weight excluding hydrogens is 434 g/mol. The Morgan fingerprint density at radius 3 is 2.94 bits per heavy atom. The molecule has 5 rings (SSSR count). The maximum Gasteiger partial charge on any atom is 0.226 e. The van der Waals surface area contributed by atoms with Gasteiger partial charge in [0.05, 0.1) is 22.4 Å². The van der Waals surface area contributed by atoms with Crippen molar-refractivity contribution in [1.82, 2.24) is 15.3 Å². The lowest BCUT2D eigenvalue weighted by molar-refractivity contribution is 0.232. The average molecular weight is 464 g/mol. The van der Waals surface area contributed by atoms with E-state index in [1.807, 2.05) is 0 Å². The van der Waals surface area contributed by atoms with E-state index in [-0.39, 0.29) is 17.5 Å². The summed E-state index contributed by atoms with van der Waals surface area (Å²) in [6.07, 6.45) is 6.50. The molecule has 5 N–H and O–H groups in total. The second-order valence-corrected chi connectivity index (χ2v) is 10.4. The lowest BCUT2D eigenvalue weighted by atomic mass is 9.63. The third kappa shape index (κ3) is 3.49. The van der Waals surface area contributed by atoms with Gasteiger partial charge in [-0.15, -0.1) is 11.3 Å². The van der Waals surface area contributed by atoms with Gasteiger partial charge in [-0.2, -0.15) is 5.26 Å². The number of aliphatic hydroxyl groups is 1. The zero-order valence-corrected chi connectivity index (χ0v) is 19.6. The fourth-order valence-electron chi connectivity index (χ4n) is 5.71. The van der Waals surface area contributed by atoms with Crippen molar-refractivity contribution in [2.75, 3.05) is 30.3 Å². The van der Waals surface area contributed by atoms with Gasteiger partial charge in [0.2, 0.25) is 5.95 Å². The number of fused-ring (bicyclic) bond motifs is 2. The van der Waals surface area contributed by atoms with Gasteiger partial charge in [0, 0.05) is 42.3 Å². The van der Waals surface area contributed by atoms with E-state index in [0.717, 1.165) is 62.2 Å². The minimum atomic E-state index is -0.629. The van der Waals surface area contributed by atoms with Crippen LogP contribution < -0.4 is 16.0 Å². The zero-order valence-electron chi connectivity index (χ0n) is 18.8. The van der Waals surface area contributed by atoms with Gasteiger partial charge in [-0.25, -0.2) is 9.97 Å². The Bertz CT molecular complexity index is 1180. The van der Waals surface area contributed by atoms with Crippen molar-refractivity contribution >= 4 is 28.0 Å². The predicted molar refractivity (Wildman–Crippen MR) is 130 cm³/mol. The lowest BCUT2D eigenvalue weighted by Crippen LogP contribution is -2.50. The molecule has 0 amide bonds. The van der Waals surface area contributed by atoms with Crippen LogP contribution in [-0.4, -0.2) is 46.5 Å². The van der Waals surface area contributed by atoms with Crippen molar-refractivity contribution in [3.8, 4) is 6.07 Å². The maximum atomic E-state index is 11.6. The number of hydrogen-bond acceptors (Lipinski definition) is 9. The Kier molecular flexibility index (Phi) is 5.59. The largest absolute Gasteiger partial charge is 0.511 e. The number of allylic oxidation sites excluding steroid dienone is 2. The van der Waals surface area contributed by atoms with Gasteiger partial charge in [-0.05, 0) is 57.1 Å². The highest BCUT2D eigenvalue weighted by Crippen LogP contribution is 2.54. The Labute approximate surface area is 197 Å². The van der Waals surface area contributed by atoms with Gasteiger partial charge < -0.3 is 21.1 Å². The van der Waals surface area contributed by atoms with E-state index in [0.29, 0.717) is 34.2 Å². The first-order valence-electron chi connectivity index (χ1n) is 11.6. The summed E-state index contributed by atoms with van der Waals surface area (Å²) in [5.41, 5.74) is 8.35. The van der Waals surface area contributed by atoms with E-state index in [9.17, 15) is 10.4 Å². The molecule has 0 unspecified atom stereocenters. The number of anilines is 2. The van der Waals surface area contributed by atoms with Crippen LogP contribution in [0.2, 0.25) is 0 Å². The van der Waals surface area contributed by atoms with Crippen LogP contribution in [0.25, 0.3) is 0 Å². The van der Waals surface area contributed by atoms with Crippen LogP contribution in [-0.2, 0) is 11.8 Å². The van der Waals surface area contributed by atoms with E-state index in [1.165, 1.54) is 11.3 Å². The van der Waals surface area contributed by atoms with Crippen molar-refractivity contribution in [3.63, 3.8) is 0 Å². The van der Waals surface area contributed by atoms with Gasteiger partial charge >= 0.3 is 0 Å². The molecule has 3 aliphatic rings. The Morgan fingerprint density at radius 1 is 1.39 bits per heavy atom. The molecule has 2 atom stereocenters. The van der Waals surface area contributed by atoms with E-state index in [2.05, 4.69) is 28.2 Å². The maximum absolute atomic E-state index is 11.6. The number of rotatable bonds is 3. The van der Waals surface area contributed by atoms with Gasteiger partial charge in [-0.3, -0.25) is 5.41 Å². The molecule has 0 saturated carbocycles. The van der Waals surface area contributed by atoms with E-state index >= 15 is 0 Å². The number of piperazine rings is 1. The van der Waals surface area contributed by atoms with Crippen LogP contribution in [0.4, 0.5) is 10.9 Å². The first-order valence-corrected chi connectivity index (χ1v) is 12.4. The number of thiophene rings is 1. The SMILES string of the molecule is C[C@H]1CNCCN1c1nccc(C(=N)C2=C(O)[C@@]3(CCC2)CCCc2sc(N)c(C#N)c23)n1. The summed E-state index contributed by atoms with van der Waals surface area (Å²) >= 11 is 1.47. The van der Waals surface area contributed by atoms with Crippen LogP contribution in [0.1, 0.15) is 60.7 Å². The molecule has 0 bridgehead atoms. The topological polar surface area (TPSA) is 135 Å². The third-order valence-corrected chi connectivity index (χ3v) is 8.41. The summed E-state index contributed by atoms with van der Waals surface area (Å²) in [6.45, 7) is 4.69. The number of nitrogens with two attached hydrogens (primary N) is 1. The second-order valence-electron chi connectivity index (χ2n) is 9.23. The summed E-state index contributed by atoms with van der Waals surface area (Å²) in [5, 5.41) is 34.3. The molecule has 1 fully saturated rings. The molecule has 2 aromatic heterocycles. The van der Waals surface area contributed by atoms with Crippen LogP contribution in [0.15, 0.2) is 23.6 Å². The molecule has 1 spiro atoms. The number of aromatic nitrogens is 2. The van der Waals surface area contributed by atoms with E-state index < -0.39 is 5.41 Å². The summed E-state index contributed by atoms with van der Waals surface area (Å²) in [7, 11) is 0. The molecular formula is C24H29N7OS. The quantitative estimate of drug-likeness (QED) is 0.512. The molecule has 2 aliphatic carbocycles. The molecule has 0 radical (unpaired) electrons. The highest BCUT2D eigenvalue weighted by atomic mass is 32.1. The minimum Gasteiger partial charge on any atom is -0.511 e. The number of nitriles is 1. The fourth-order valence-corrected chi connectivity index (χ4v) is 6.87. The zero-order chi connectivity index (χ0) is 23.2. The first-order chi connectivity index (χ1) is 16.0.